The third-order valence-corrected chi connectivity index (χ3v) is 3.05. The van der Waals surface area contributed by atoms with Crippen molar-refractivity contribution >= 4 is 11.7 Å². The first-order chi connectivity index (χ1) is 8.22. The van der Waals surface area contributed by atoms with Gasteiger partial charge >= 0.3 is 5.97 Å². The molecular formula is C13H14N2O2. The Morgan fingerprint density at radius 3 is 2.59 bits per heavy atom. The number of rotatable bonds is 2. The molecule has 0 aromatic heterocycles. The molecule has 4 nitrogen and oxygen atoms in total. The zero-order valence-corrected chi connectivity index (χ0v) is 9.52. The van der Waals surface area contributed by atoms with Gasteiger partial charge in [0, 0.05) is 13.1 Å². The van der Waals surface area contributed by atoms with Crippen LogP contribution in [0.4, 0.5) is 5.69 Å². The number of aromatic carboxylic acids is 1. The second-order valence-corrected chi connectivity index (χ2v) is 4.20. The summed E-state index contributed by atoms with van der Waals surface area (Å²) in [6, 6.07) is 6.80. The van der Waals surface area contributed by atoms with Gasteiger partial charge in [-0.1, -0.05) is 0 Å². The van der Waals surface area contributed by atoms with E-state index in [-0.39, 0.29) is 5.56 Å². The number of carboxylic acids is 1. The molecule has 0 saturated carbocycles. The predicted octanol–water partition coefficient (Wildman–Crippen LogP) is 2.25. The number of hydrogen-bond donors (Lipinski definition) is 1. The van der Waals surface area contributed by atoms with E-state index in [2.05, 4.69) is 11.0 Å². The quantitative estimate of drug-likeness (QED) is 0.846. The molecular weight excluding hydrogens is 216 g/mol. The molecule has 1 fully saturated rings. The Balaban J connectivity index is 2.41. The number of carboxylic acid groups (broad SMARTS) is 1. The second kappa shape index (κ2) is 4.88. The fourth-order valence-electron chi connectivity index (χ4n) is 2.18. The van der Waals surface area contributed by atoms with Crippen LogP contribution in [-0.4, -0.2) is 24.2 Å². The Kier molecular flexibility index (Phi) is 3.29. The van der Waals surface area contributed by atoms with E-state index in [9.17, 15) is 4.79 Å². The standard InChI is InChI=1S/C13H14N2O2/c14-9-10-4-5-11(13(16)17)12(8-10)15-6-2-1-3-7-15/h4-5,8H,1-3,6-7H2,(H,16,17). The number of benzene rings is 1. The van der Waals surface area contributed by atoms with E-state index in [1.807, 2.05) is 0 Å². The number of piperidine rings is 1. The fourth-order valence-corrected chi connectivity index (χ4v) is 2.18. The van der Waals surface area contributed by atoms with Crippen LogP contribution in [0, 0.1) is 11.3 Å². The molecule has 1 aromatic rings. The molecule has 17 heavy (non-hydrogen) atoms. The summed E-state index contributed by atoms with van der Waals surface area (Å²) in [7, 11) is 0. The molecule has 88 valence electrons. The van der Waals surface area contributed by atoms with Gasteiger partial charge in [-0.05, 0) is 37.5 Å². The van der Waals surface area contributed by atoms with Crippen LogP contribution in [0.3, 0.4) is 0 Å². The smallest absolute Gasteiger partial charge is 0.337 e. The highest BCUT2D eigenvalue weighted by Crippen LogP contribution is 2.25. The zero-order valence-electron chi connectivity index (χ0n) is 9.52. The third kappa shape index (κ3) is 2.39. The summed E-state index contributed by atoms with van der Waals surface area (Å²) in [5.74, 6) is -0.935. The van der Waals surface area contributed by atoms with Crippen LogP contribution in [0.2, 0.25) is 0 Å². The van der Waals surface area contributed by atoms with Gasteiger partial charge in [0.05, 0.1) is 22.9 Å². The molecule has 1 saturated heterocycles. The van der Waals surface area contributed by atoms with Crippen molar-refractivity contribution in [3.63, 3.8) is 0 Å². The molecule has 0 spiro atoms. The van der Waals surface area contributed by atoms with Crippen LogP contribution >= 0.6 is 0 Å². The minimum absolute atomic E-state index is 0.283. The molecule has 0 atom stereocenters. The van der Waals surface area contributed by atoms with Crippen molar-refractivity contribution in [2.75, 3.05) is 18.0 Å². The van der Waals surface area contributed by atoms with Gasteiger partial charge in [0.15, 0.2) is 0 Å². The van der Waals surface area contributed by atoms with Crippen molar-refractivity contribution in [3.05, 3.63) is 29.3 Å². The number of nitrogens with zero attached hydrogens (tertiary/aromatic N) is 2. The summed E-state index contributed by atoms with van der Waals surface area (Å²) in [6.07, 6.45) is 3.35. The predicted molar refractivity (Wildman–Crippen MR) is 64.2 cm³/mol. The number of nitriles is 1. The highest BCUT2D eigenvalue weighted by molar-refractivity contribution is 5.94. The maximum absolute atomic E-state index is 11.2. The summed E-state index contributed by atoms with van der Waals surface area (Å²) < 4.78 is 0. The van der Waals surface area contributed by atoms with Gasteiger partial charge in [-0.15, -0.1) is 0 Å². The average Bonchev–Trinajstić information content (AvgIpc) is 2.39. The molecule has 1 aliphatic rings. The molecule has 0 aliphatic carbocycles. The lowest BCUT2D eigenvalue weighted by atomic mass is 10.0. The summed E-state index contributed by atoms with van der Waals surface area (Å²) >= 11 is 0. The number of anilines is 1. The topological polar surface area (TPSA) is 64.3 Å². The molecule has 4 heteroatoms. The summed E-state index contributed by atoms with van der Waals surface area (Å²) in [6.45, 7) is 1.74. The summed E-state index contributed by atoms with van der Waals surface area (Å²) in [5, 5.41) is 18.0. The number of hydrogen-bond acceptors (Lipinski definition) is 3. The zero-order chi connectivity index (χ0) is 12.3. The molecule has 1 heterocycles. The lowest BCUT2D eigenvalue weighted by Gasteiger charge is -2.30. The molecule has 0 radical (unpaired) electrons. The van der Waals surface area contributed by atoms with E-state index in [0.717, 1.165) is 25.9 Å². The summed E-state index contributed by atoms with van der Waals surface area (Å²) in [4.78, 5) is 13.2. The van der Waals surface area contributed by atoms with Gasteiger partial charge in [0.25, 0.3) is 0 Å². The van der Waals surface area contributed by atoms with Gasteiger partial charge in [-0.2, -0.15) is 5.26 Å². The Hall–Kier alpha value is -2.02. The highest BCUT2D eigenvalue weighted by Gasteiger charge is 2.18. The van der Waals surface area contributed by atoms with Crippen LogP contribution in [0.25, 0.3) is 0 Å². The van der Waals surface area contributed by atoms with Gasteiger partial charge < -0.3 is 10.0 Å². The van der Waals surface area contributed by atoms with E-state index in [1.165, 1.54) is 12.5 Å². The minimum atomic E-state index is -0.935. The maximum atomic E-state index is 11.2. The van der Waals surface area contributed by atoms with E-state index in [0.29, 0.717) is 11.3 Å². The van der Waals surface area contributed by atoms with Gasteiger partial charge in [0.2, 0.25) is 0 Å². The lowest BCUT2D eigenvalue weighted by molar-refractivity contribution is 0.0697. The van der Waals surface area contributed by atoms with E-state index in [1.54, 1.807) is 12.1 Å². The molecule has 0 amide bonds. The SMILES string of the molecule is N#Cc1ccc(C(=O)O)c(N2CCCCC2)c1. The van der Waals surface area contributed by atoms with Crippen LogP contribution < -0.4 is 4.90 Å². The first-order valence-electron chi connectivity index (χ1n) is 5.75. The normalized spacial score (nSPS) is 15.4. The Morgan fingerprint density at radius 1 is 1.29 bits per heavy atom. The third-order valence-electron chi connectivity index (χ3n) is 3.05. The lowest BCUT2D eigenvalue weighted by Crippen LogP contribution is -2.30. The highest BCUT2D eigenvalue weighted by atomic mass is 16.4. The van der Waals surface area contributed by atoms with Crippen molar-refractivity contribution in [1.82, 2.24) is 0 Å². The monoisotopic (exact) mass is 230 g/mol. The van der Waals surface area contributed by atoms with Crippen LogP contribution in [-0.2, 0) is 0 Å². The molecule has 0 unspecified atom stereocenters. The fraction of sp³-hybridized carbons (Fsp3) is 0.385. The van der Waals surface area contributed by atoms with Crippen LogP contribution in [0.5, 0.6) is 0 Å². The van der Waals surface area contributed by atoms with Crippen molar-refractivity contribution in [3.8, 4) is 6.07 Å². The van der Waals surface area contributed by atoms with E-state index in [4.69, 9.17) is 10.4 Å². The molecule has 2 rings (SSSR count). The van der Waals surface area contributed by atoms with Crippen molar-refractivity contribution in [2.45, 2.75) is 19.3 Å². The van der Waals surface area contributed by atoms with Crippen LogP contribution in [0.15, 0.2) is 18.2 Å². The van der Waals surface area contributed by atoms with E-state index < -0.39 is 5.97 Å². The second-order valence-electron chi connectivity index (χ2n) is 4.20. The van der Waals surface area contributed by atoms with E-state index >= 15 is 0 Å². The molecule has 1 aliphatic heterocycles. The molecule has 1 aromatic carbocycles. The van der Waals surface area contributed by atoms with Gasteiger partial charge in [-0.3, -0.25) is 0 Å². The van der Waals surface area contributed by atoms with Crippen molar-refractivity contribution < 1.29 is 9.90 Å². The Bertz CT molecular complexity index is 471. The van der Waals surface area contributed by atoms with Crippen molar-refractivity contribution in [2.24, 2.45) is 0 Å². The largest absolute Gasteiger partial charge is 0.478 e. The first-order valence-corrected chi connectivity index (χ1v) is 5.75. The van der Waals surface area contributed by atoms with Gasteiger partial charge in [-0.25, -0.2) is 4.79 Å². The molecule has 0 bridgehead atoms. The van der Waals surface area contributed by atoms with Crippen LogP contribution in [0.1, 0.15) is 35.2 Å². The van der Waals surface area contributed by atoms with Gasteiger partial charge in [0.1, 0.15) is 0 Å². The Labute approximate surface area is 100 Å². The Morgan fingerprint density at radius 2 is 2.00 bits per heavy atom. The first kappa shape index (κ1) is 11.5. The minimum Gasteiger partial charge on any atom is -0.478 e. The maximum Gasteiger partial charge on any atom is 0.337 e. The van der Waals surface area contributed by atoms with Crippen molar-refractivity contribution in [1.29, 1.82) is 5.26 Å². The average molecular weight is 230 g/mol. The number of carbonyl (C=O) groups is 1. The summed E-state index contributed by atoms with van der Waals surface area (Å²) in [5.41, 5.74) is 1.47. The molecule has 1 N–H and O–H groups in total.